The number of carbonyl (C=O) groups is 1. The predicted molar refractivity (Wildman–Crippen MR) is 141 cm³/mol. The Bertz CT molecular complexity index is 1480. The van der Waals surface area contributed by atoms with E-state index >= 15 is 4.39 Å². The third-order valence-electron chi connectivity index (χ3n) is 6.84. The fourth-order valence-corrected chi connectivity index (χ4v) is 4.74. The number of pyridine rings is 1. The average molecular weight is 534 g/mol. The zero-order chi connectivity index (χ0) is 27.4. The van der Waals surface area contributed by atoms with Crippen molar-refractivity contribution in [2.45, 2.75) is 32.6 Å². The van der Waals surface area contributed by atoms with Crippen LogP contribution in [0.2, 0.25) is 0 Å². The van der Waals surface area contributed by atoms with Gasteiger partial charge in [0.15, 0.2) is 0 Å². The van der Waals surface area contributed by atoms with Gasteiger partial charge < -0.3 is 15.2 Å². The highest BCUT2D eigenvalue weighted by Gasteiger charge is 2.24. The Balaban J connectivity index is 1.52. The van der Waals surface area contributed by atoms with Gasteiger partial charge in [0.05, 0.1) is 6.61 Å². The van der Waals surface area contributed by atoms with Gasteiger partial charge in [-0.25, -0.2) is 13.8 Å². The molecule has 5 rings (SSSR count). The van der Waals surface area contributed by atoms with Crippen molar-refractivity contribution in [3.8, 4) is 22.7 Å². The number of hydrogen-bond donors (Lipinski definition) is 1. The lowest BCUT2D eigenvalue weighted by atomic mass is 9.97. The van der Waals surface area contributed by atoms with Gasteiger partial charge in [-0.2, -0.15) is 0 Å². The molecule has 0 unspecified atom stereocenters. The number of amides is 1. The molecule has 2 aromatic carbocycles. The van der Waals surface area contributed by atoms with Gasteiger partial charge in [0.25, 0.3) is 5.91 Å². The van der Waals surface area contributed by atoms with E-state index in [9.17, 15) is 9.18 Å². The second-order valence-electron chi connectivity index (χ2n) is 9.63. The number of hydrogen-bond acceptors (Lipinski definition) is 6. The van der Waals surface area contributed by atoms with Crippen LogP contribution < -0.4 is 10.5 Å². The predicted octanol–water partition coefficient (Wildman–Crippen LogP) is 4.80. The molecule has 1 aliphatic heterocycles. The van der Waals surface area contributed by atoms with Gasteiger partial charge >= 0.3 is 0 Å². The van der Waals surface area contributed by atoms with Gasteiger partial charge in [-0.05, 0) is 73.6 Å². The maximum Gasteiger partial charge on any atom is 0.287 e. The van der Waals surface area contributed by atoms with Crippen LogP contribution in [0.5, 0.6) is 5.75 Å². The van der Waals surface area contributed by atoms with Crippen molar-refractivity contribution in [2.75, 3.05) is 19.8 Å². The van der Waals surface area contributed by atoms with Gasteiger partial charge in [0, 0.05) is 37.0 Å². The van der Waals surface area contributed by atoms with Gasteiger partial charge in [-0.15, -0.1) is 10.2 Å². The molecule has 0 atom stereocenters. The monoisotopic (exact) mass is 533 g/mol. The number of primary amides is 1. The summed E-state index contributed by atoms with van der Waals surface area (Å²) in [6, 6.07) is 12.5. The van der Waals surface area contributed by atoms with E-state index in [1.165, 1.54) is 16.7 Å². The lowest BCUT2D eigenvalue weighted by Gasteiger charge is -2.22. The van der Waals surface area contributed by atoms with Crippen LogP contribution in [0, 0.1) is 24.5 Å². The fourth-order valence-electron chi connectivity index (χ4n) is 4.74. The quantitative estimate of drug-likeness (QED) is 0.331. The molecular weight excluding hydrogens is 504 g/mol. The molecule has 0 bridgehead atoms. The van der Waals surface area contributed by atoms with E-state index in [2.05, 4.69) is 15.2 Å². The molecule has 1 saturated heterocycles. The number of carbonyl (C=O) groups excluding carboxylic acids is 1. The Morgan fingerprint density at radius 1 is 1.08 bits per heavy atom. The molecule has 0 aliphatic carbocycles. The van der Waals surface area contributed by atoms with Crippen molar-refractivity contribution in [1.29, 1.82) is 0 Å². The smallest absolute Gasteiger partial charge is 0.287 e. The van der Waals surface area contributed by atoms with Crippen molar-refractivity contribution in [3.63, 3.8) is 0 Å². The fraction of sp³-hybridized carbons (Fsp3) is 0.310. The summed E-state index contributed by atoms with van der Waals surface area (Å²) in [6.45, 7) is 3.86. The van der Waals surface area contributed by atoms with Gasteiger partial charge in [-0.1, -0.05) is 18.2 Å². The van der Waals surface area contributed by atoms with Crippen LogP contribution in [0.4, 0.5) is 8.78 Å². The summed E-state index contributed by atoms with van der Waals surface area (Å²) in [4.78, 5) is 16.8. The highest BCUT2D eigenvalue weighted by Crippen LogP contribution is 2.33. The maximum atomic E-state index is 15.3. The molecule has 2 N–H and O–H groups in total. The van der Waals surface area contributed by atoms with Gasteiger partial charge in [0.1, 0.15) is 29.0 Å². The first-order valence-corrected chi connectivity index (χ1v) is 12.9. The molecule has 202 valence electrons. The molecule has 0 saturated carbocycles. The number of rotatable bonds is 9. The first kappa shape index (κ1) is 26.4. The molecule has 0 spiro atoms. The molecule has 3 heterocycles. The van der Waals surface area contributed by atoms with E-state index in [1.807, 2.05) is 6.92 Å². The van der Waals surface area contributed by atoms with Crippen molar-refractivity contribution >= 4 is 5.91 Å². The zero-order valence-corrected chi connectivity index (χ0v) is 21.6. The first-order valence-electron chi connectivity index (χ1n) is 12.9. The number of ether oxygens (including phenoxy) is 2. The SMILES string of the molecule is Cc1cnc(-n2c(Cc3ccccc3F)nnc2C(N)=O)c(-c2cc(OCCC3CCOCC3)ccc2F)c1. The lowest BCUT2D eigenvalue weighted by Crippen LogP contribution is -2.20. The van der Waals surface area contributed by atoms with Crippen molar-refractivity contribution in [2.24, 2.45) is 11.7 Å². The van der Waals surface area contributed by atoms with Gasteiger partial charge in [0.2, 0.25) is 5.82 Å². The molecule has 1 aliphatic rings. The topological polar surface area (TPSA) is 105 Å². The molecule has 1 amide bonds. The summed E-state index contributed by atoms with van der Waals surface area (Å²) in [6.07, 6.45) is 4.50. The minimum absolute atomic E-state index is 0.0137. The van der Waals surface area contributed by atoms with Crippen molar-refractivity contribution in [1.82, 2.24) is 19.7 Å². The van der Waals surface area contributed by atoms with E-state index in [1.54, 1.807) is 42.6 Å². The van der Waals surface area contributed by atoms with Crippen LogP contribution in [-0.4, -0.2) is 45.5 Å². The van der Waals surface area contributed by atoms with E-state index in [4.69, 9.17) is 15.2 Å². The summed E-state index contributed by atoms with van der Waals surface area (Å²) in [5.74, 6) is -0.480. The summed E-state index contributed by atoms with van der Waals surface area (Å²) in [5, 5.41) is 8.06. The van der Waals surface area contributed by atoms with E-state index in [0.29, 0.717) is 29.4 Å². The minimum atomic E-state index is -0.846. The largest absolute Gasteiger partial charge is 0.494 e. The number of nitrogens with two attached hydrogens (primary N) is 1. The molecule has 1 fully saturated rings. The summed E-state index contributed by atoms with van der Waals surface area (Å²) >= 11 is 0. The first-order chi connectivity index (χ1) is 18.9. The lowest BCUT2D eigenvalue weighted by molar-refractivity contribution is 0.0593. The van der Waals surface area contributed by atoms with Crippen LogP contribution in [0.15, 0.2) is 54.7 Å². The molecule has 0 radical (unpaired) electrons. The molecule has 39 heavy (non-hydrogen) atoms. The number of halogens is 2. The summed E-state index contributed by atoms with van der Waals surface area (Å²) < 4.78 is 42.5. The van der Waals surface area contributed by atoms with Crippen molar-refractivity contribution in [3.05, 3.63) is 89.1 Å². The van der Waals surface area contributed by atoms with E-state index in [0.717, 1.165) is 38.0 Å². The van der Waals surface area contributed by atoms with Crippen LogP contribution in [-0.2, 0) is 11.2 Å². The molecular formula is C29H29F2N5O3. The van der Waals surface area contributed by atoms with Crippen LogP contribution >= 0.6 is 0 Å². The number of nitrogens with zero attached hydrogens (tertiary/aromatic N) is 4. The van der Waals surface area contributed by atoms with Crippen LogP contribution in [0.3, 0.4) is 0 Å². The third-order valence-corrected chi connectivity index (χ3v) is 6.84. The normalized spacial score (nSPS) is 13.9. The zero-order valence-electron chi connectivity index (χ0n) is 21.6. The average Bonchev–Trinajstić information content (AvgIpc) is 3.35. The number of benzene rings is 2. The second kappa shape index (κ2) is 11.7. The Morgan fingerprint density at radius 2 is 1.87 bits per heavy atom. The second-order valence-corrected chi connectivity index (χ2v) is 9.63. The summed E-state index contributed by atoms with van der Waals surface area (Å²) in [5.41, 5.74) is 7.34. The van der Waals surface area contributed by atoms with Crippen molar-refractivity contribution < 1.29 is 23.0 Å². The number of aromatic nitrogens is 4. The molecule has 10 heteroatoms. The Labute approximate surface area is 224 Å². The highest BCUT2D eigenvalue weighted by atomic mass is 19.1. The van der Waals surface area contributed by atoms with Crippen LogP contribution in [0.25, 0.3) is 16.9 Å². The summed E-state index contributed by atoms with van der Waals surface area (Å²) in [7, 11) is 0. The highest BCUT2D eigenvalue weighted by molar-refractivity contribution is 5.90. The molecule has 4 aromatic rings. The van der Waals surface area contributed by atoms with E-state index < -0.39 is 17.5 Å². The Kier molecular flexibility index (Phi) is 7.92. The standard InChI is InChI=1S/C29H29F2N5O3/c1-18-14-23(22-16-21(6-7-25(22)31)39-13-10-19-8-11-38-12-9-19)28(33-17-18)36-26(34-35-29(36)27(32)37)15-20-4-2-3-5-24(20)30/h2-7,14,16-17,19H,8-13,15H2,1H3,(H2,32,37). The Hall–Kier alpha value is -4.18. The minimum Gasteiger partial charge on any atom is -0.494 e. The molecule has 8 nitrogen and oxygen atoms in total. The third kappa shape index (κ3) is 5.96. The molecule has 2 aromatic heterocycles. The number of aryl methyl sites for hydroxylation is 1. The van der Waals surface area contributed by atoms with Crippen LogP contribution in [0.1, 0.15) is 46.8 Å². The van der Waals surface area contributed by atoms with Gasteiger partial charge in [-0.3, -0.25) is 9.36 Å². The Morgan fingerprint density at radius 3 is 2.64 bits per heavy atom. The maximum absolute atomic E-state index is 15.3. The van der Waals surface area contributed by atoms with E-state index in [-0.39, 0.29) is 29.5 Å².